The van der Waals surface area contributed by atoms with Crippen LogP contribution in [0.3, 0.4) is 0 Å². The van der Waals surface area contributed by atoms with E-state index in [0.29, 0.717) is 11.8 Å². The van der Waals surface area contributed by atoms with E-state index in [2.05, 4.69) is 28.4 Å². The summed E-state index contributed by atoms with van der Waals surface area (Å²) in [6.45, 7) is 4.86. The SMILES string of the molecule is O=C(CO)NCC1CCC(CCN2CCC(c3cccc4c3CCO4)CC2)CC1. The zero-order valence-corrected chi connectivity index (χ0v) is 17.6. The molecule has 0 spiro atoms. The number of fused-ring (bicyclic) bond motifs is 1. The van der Waals surface area contributed by atoms with Gasteiger partial charge in [0.25, 0.3) is 0 Å². The van der Waals surface area contributed by atoms with Crippen LogP contribution in [0.1, 0.15) is 62.0 Å². The molecule has 29 heavy (non-hydrogen) atoms. The molecule has 2 N–H and O–H groups in total. The van der Waals surface area contributed by atoms with Crippen LogP contribution in [-0.2, 0) is 11.2 Å². The van der Waals surface area contributed by atoms with Crippen molar-refractivity contribution in [1.29, 1.82) is 0 Å². The summed E-state index contributed by atoms with van der Waals surface area (Å²) in [4.78, 5) is 13.9. The molecule has 1 saturated carbocycles. The molecule has 2 heterocycles. The third kappa shape index (κ3) is 5.32. The van der Waals surface area contributed by atoms with Gasteiger partial charge in [0.05, 0.1) is 6.61 Å². The quantitative estimate of drug-likeness (QED) is 0.738. The van der Waals surface area contributed by atoms with E-state index in [0.717, 1.165) is 31.2 Å². The van der Waals surface area contributed by atoms with E-state index >= 15 is 0 Å². The van der Waals surface area contributed by atoms with Crippen molar-refractivity contribution in [3.63, 3.8) is 0 Å². The lowest BCUT2D eigenvalue weighted by atomic mass is 9.80. The number of aliphatic hydroxyl groups excluding tert-OH is 1. The predicted molar refractivity (Wildman–Crippen MR) is 114 cm³/mol. The number of rotatable bonds is 7. The molecule has 1 aromatic rings. The summed E-state index contributed by atoms with van der Waals surface area (Å²) in [6.07, 6.45) is 9.92. The molecule has 0 aromatic heterocycles. The minimum absolute atomic E-state index is 0.247. The summed E-state index contributed by atoms with van der Waals surface area (Å²) in [7, 11) is 0. The first-order chi connectivity index (χ1) is 14.2. The van der Waals surface area contributed by atoms with E-state index in [1.807, 2.05) is 0 Å². The Balaban J connectivity index is 1.15. The standard InChI is InChI=1S/C24H36N2O3/c27-17-24(28)25-16-19-6-4-18(5-7-19)8-12-26-13-9-20(10-14-26)21-2-1-3-23-22(21)11-15-29-23/h1-3,18-20,27H,4-17H2,(H,25,28). The Morgan fingerprint density at radius 2 is 1.86 bits per heavy atom. The summed E-state index contributed by atoms with van der Waals surface area (Å²) in [5.74, 6) is 3.01. The normalized spacial score (nSPS) is 25.4. The number of benzene rings is 1. The average Bonchev–Trinajstić information content (AvgIpc) is 3.26. The first-order valence-corrected chi connectivity index (χ1v) is 11.6. The van der Waals surface area contributed by atoms with Crippen molar-refractivity contribution in [2.45, 2.75) is 57.3 Å². The minimum atomic E-state index is -0.396. The van der Waals surface area contributed by atoms with Crippen molar-refractivity contribution in [3.8, 4) is 5.75 Å². The van der Waals surface area contributed by atoms with Gasteiger partial charge in [-0.3, -0.25) is 4.79 Å². The lowest BCUT2D eigenvalue weighted by Gasteiger charge is -2.35. The van der Waals surface area contributed by atoms with Crippen molar-refractivity contribution < 1.29 is 14.6 Å². The highest BCUT2D eigenvalue weighted by Gasteiger charge is 2.27. The van der Waals surface area contributed by atoms with E-state index in [1.54, 1.807) is 5.56 Å². The average molecular weight is 401 g/mol. The fourth-order valence-corrected chi connectivity index (χ4v) is 5.50. The number of amides is 1. The molecule has 1 aliphatic carbocycles. The third-order valence-corrected chi connectivity index (χ3v) is 7.36. The lowest BCUT2D eigenvalue weighted by Crippen LogP contribution is -2.35. The summed E-state index contributed by atoms with van der Waals surface area (Å²) < 4.78 is 5.75. The van der Waals surface area contributed by atoms with Gasteiger partial charge in [-0.15, -0.1) is 0 Å². The molecule has 2 fully saturated rings. The van der Waals surface area contributed by atoms with Crippen molar-refractivity contribution in [3.05, 3.63) is 29.3 Å². The summed E-state index contributed by atoms with van der Waals surface area (Å²) in [5, 5.41) is 11.6. The molecule has 2 aliphatic heterocycles. The first kappa shape index (κ1) is 20.7. The molecule has 3 aliphatic rings. The maximum Gasteiger partial charge on any atom is 0.245 e. The number of carbonyl (C=O) groups is 1. The van der Waals surface area contributed by atoms with E-state index in [-0.39, 0.29) is 5.91 Å². The van der Waals surface area contributed by atoms with E-state index in [4.69, 9.17) is 9.84 Å². The number of carbonyl (C=O) groups excluding carboxylic acids is 1. The topological polar surface area (TPSA) is 61.8 Å². The second-order valence-corrected chi connectivity index (χ2v) is 9.18. The number of hydrogen-bond donors (Lipinski definition) is 2. The highest BCUT2D eigenvalue weighted by molar-refractivity contribution is 5.76. The van der Waals surface area contributed by atoms with Gasteiger partial charge in [-0.2, -0.15) is 0 Å². The highest BCUT2D eigenvalue weighted by Crippen LogP contribution is 2.37. The zero-order chi connectivity index (χ0) is 20.1. The largest absolute Gasteiger partial charge is 0.493 e. The summed E-state index contributed by atoms with van der Waals surface area (Å²) in [5.41, 5.74) is 3.02. The van der Waals surface area contributed by atoms with Crippen LogP contribution < -0.4 is 10.1 Å². The molecular formula is C24H36N2O3. The highest BCUT2D eigenvalue weighted by atomic mass is 16.5. The van der Waals surface area contributed by atoms with Crippen molar-refractivity contribution >= 4 is 5.91 Å². The molecule has 1 aromatic carbocycles. The Labute approximate surface area is 174 Å². The van der Waals surface area contributed by atoms with Gasteiger partial charge in [-0.05, 0) is 81.1 Å². The predicted octanol–water partition coefficient (Wildman–Crippen LogP) is 3.11. The van der Waals surface area contributed by atoms with Crippen molar-refractivity contribution in [1.82, 2.24) is 10.2 Å². The second kappa shape index (κ2) is 9.94. The molecule has 1 amide bonds. The fourth-order valence-electron chi connectivity index (χ4n) is 5.50. The van der Waals surface area contributed by atoms with Gasteiger partial charge in [-0.25, -0.2) is 0 Å². The molecule has 4 rings (SSSR count). The van der Waals surface area contributed by atoms with Crippen LogP contribution >= 0.6 is 0 Å². The molecule has 5 heteroatoms. The van der Waals surface area contributed by atoms with Crippen LogP contribution in [-0.4, -0.2) is 55.3 Å². The van der Waals surface area contributed by atoms with Crippen LogP contribution in [0.4, 0.5) is 0 Å². The Hall–Kier alpha value is -1.59. The van der Waals surface area contributed by atoms with Gasteiger partial charge in [0, 0.05) is 18.5 Å². The Morgan fingerprint density at radius 3 is 2.62 bits per heavy atom. The maximum atomic E-state index is 11.2. The molecule has 0 unspecified atom stereocenters. The van der Waals surface area contributed by atoms with Gasteiger partial charge in [0.15, 0.2) is 0 Å². The van der Waals surface area contributed by atoms with Gasteiger partial charge in [-0.1, -0.05) is 25.0 Å². The van der Waals surface area contributed by atoms with Crippen LogP contribution in [0.15, 0.2) is 18.2 Å². The Bertz CT molecular complexity index is 677. The van der Waals surface area contributed by atoms with Crippen LogP contribution in [0, 0.1) is 11.8 Å². The number of nitrogens with zero attached hydrogens (tertiary/aromatic N) is 1. The molecule has 0 bridgehead atoms. The fraction of sp³-hybridized carbons (Fsp3) is 0.708. The Kier molecular flexibility index (Phi) is 7.09. The van der Waals surface area contributed by atoms with Crippen molar-refractivity contribution in [2.24, 2.45) is 11.8 Å². The number of ether oxygens (including phenoxy) is 1. The second-order valence-electron chi connectivity index (χ2n) is 9.18. The molecular weight excluding hydrogens is 364 g/mol. The Morgan fingerprint density at radius 1 is 1.10 bits per heavy atom. The molecule has 5 nitrogen and oxygen atoms in total. The molecule has 0 atom stereocenters. The number of likely N-dealkylation sites (tertiary alicyclic amines) is 1. The van der Waals surface area contributed by atoms with Gasteiger partial charge in [0.1, 0.15) is 12.4 Å². The number of hydrogen-bond acceptors (Lipinski definition) is 4. The lowest BCUT2D eigenvalue weighted by molar-refractivity contribution is -0.124. The number of aliphatic hydroxyl groups is 1. The first-order valence-electron chi connectivity index (χ1n) is 11.6. The summed E-state index contributed by atoms with van der Waals surface area (Å²) in [6, 6.07) is 6.61. The summed E-state index contributed by atoms with van der Waals surface area (Å²) >= 11 is 0. The minimum Gasteiger partial charge on any atom is -0.493 e. The molecule has 160 valence electrons. The molecule has 1 saturated heterocycles. The maximum absolute atomic E-state index is 11.2. The number of piperidine rings is 1. The van der Waals surface area contributed by atoms with Crippen LogP contribution in [0.5, 0.6) is 5.75 Å². The van der Waals surface area contributed by atoms with Crippen LogP contribution in [0.25, 0.3) is 0 Å². The molecule has 0 radical (unpaired) electrons. The van der Waals surface area contributed by atoms with Gasteiger partial charge in [0.2, 0.25) is 5.91 Å². The zero-order valence-electron chi connectivity index (χ0n) is 17.6. The van der Waals surface area contributed by atoms with Gasteiger partial charge >= 0.3 is 0 Å². The van der Waals surface area contributed by atoms with Crippen molar-refractivity contribution in [2.75, 3.05) is 39.4 Å². The smallest absolute Gasteiger partial charge is 0.245 e. The van der Waals surface area contributed by atoms with E-state index in [9.17, 15) is 4.79 Å². The van der Waals surface area contributed by atoms with E-state index in [1.165, 1.54) is 70.1 Å². The number of nitrogens with one attached hydrogen (secondary N) is 1. The van der Waals surface area contributed by atoms with Crippen LogP contribution in [0.2, 0.25) is 0 Å². The van der Waals surface area contributed by atoms with E-state index < -0.39 is 6.61 Å². The monoisotopic (exact) mass is 400 g/mol. The van der Waals surface area contributed by atoms with Gasteiger partial charge < -0.3 is 20.1 Å². The third-order valence-electron chi connectivity index (χ3n) is 7.36.